The summed E-state index contributed by atoms with van der Waals surface area (Å²) in [4.78, 5) is 17.1. The number of quaternary nitrogens is 1. The summed E-state index contributed by atoms with van der Waals surface area (Å²) in [6, 6.07) is 0. The minimum absolute atomic E-state index is 0.0418. The highest BCUT2D eigenvalue weighted by atomic mass is 32.2. The first-order chi connectivity index (χ1) is 14.7. The number of aliphatic imine (C=N–C) groups is 1. The Bertz CT molecular complexity index is 692. The fourth-order valence-corrected chi connectivity index (χ4v) is 4.70. The van der Waals surface area contributed by atoms with Gasteiger partial charge >= 0.3 is 0 Å². The van der Waals surface area contributed by atoms with E-state index in [0.29, 0.717) is 31.8 Å². The van der Waals surface area contributed by atoms with Crippen molar-refractivity contribution in [1.82, 2.24) is 0 Å². The molecule has 3 N–H and O–H groups in total. The monoisotopic (exact) mass is 461 g/mol. The van der Waals surface area contributed by atoms with Crippen LogP contribution in [-0.2, 0) is 14.9 Å². The van der Waals surface area contributed by atoms with E-state index in [2.05, 4.69) is 24.1 Å². The minimum Gasteiger partial charge on any atom is -0.390 e. The van der Waals surface area contributed by atoms with Gasteiger partial charge in [-0.15, -0.1) is 0 Å². The van der Waals surface area contributed by atoms with Crippen LogP contribution >= 0.6 is 0 Å². The highest BCUT2D eigenvalue weighted by molar-refractivity contribution is 7.85. The number of unbranched alkanes of at least 4 members (excludes halogenated alkanes) is 7. The Morgan fingerprint density at radius 3 is 2.42 bits per heavy atom. The molecule has 0 aromatic heterocycles. The van der Waals surface area contributed by atoms with Gasteiger partial charge in [-0.2, -0.15) is 8.42 Å². The van der Waals surface area contributed by atoms with Crippen molar-refractivity contribution >= 4 is 21.7 Å². The third-order valence-electron chi connectivity index (χ3n) is 5.65. The molecule has 0 aromatic carbocycles. The zero-order valence-electron chi connectivity index (χ0n) is 18.9. The van der Waals surface area contributed by atoms with Crippen LogP contribution in [0.4, 0.5) is 0 Å². The predicted octanol–water partition coefficient (Wildman–Crippen LogP) is 2.50. The number of carbonyl (C=O) groups excluding carboxylic acids is 1. The molecule has 0 fully saturated rings. The number of nitrogens with zero attached hydrogens (tertiary/aromatic N) is 2. The van der Waals surface area contributed by atoms with Gasteiger partial charge in [-0.25, -0.2) is 4.99 Å². The Balaban J connectivity index is 2.45. The van der Waals surface area contributed by atoms with Crippen molar-refractivity contribution in [1.29, 1.82) is 0 Å². The summed E-state index contributed by atoms with van der Waals surface area (Å²) in [5, 5.41) is 19.6. The molecule has 8 nitrogen and oxygen atoms in total. The molecule has 0 amide bonds. The second kappa shape index (κ2) is 14.8. The summed E-state index contributed by atoms with van der Waals surface area (Å²) in [6.07, 6.45) is 13.5. The van der Waals surface area contributed by atoms with Crippen LogP contribution in [0.25, 0.3) is 0 Å². The molecule has 1 rings (SSSR count). The van der Waals surface area contributed by atoms with Gasteiger partial charge in [0.25, 0.3) is 16.0 Å². The first-order valence-corrected chi connectivity index (χ1v) is 13.2. The van der Waals surface area contributed by atoms with Gasteiger partial charge in [-0.05, 0) is 25.7 Å². The molecule has 2 unspecified atom stereocenters. The maximum absolute atomic E-state index is 12.8. The summed E-state index contributed by atoms with van der Waals surface area (Å²) in [5.74, 6) is -0.641. The SMILES string of the molecule is CCCCCCCC/C=C/CCCC(=O)C1=NCC[N+]1(CCO)CC(O)CS(=O)(=O)O. The zero-order chi connectivity index (χ0) is 23.2. The molecule has 0 bridgehead atoms. The minimum atomic E-state index is -4.33. The van der Waals surface area contributed by atoms with E-state index in [0.717, 1.165) is 12.8 Å². The highest BCUT2D eigenvalue weighted by Crippen LogP contribution is 2.19. The van der Waals surface area contributed by atoms with Gasteiger partial charge in [0, 0.05) is 6.42 Å². The van der Waals surface area contributed by atoms with Crippen LogP contribution in [0, 0.1) is 0 Å². The Morgan fingerprint density at radius 1 is 1.13 bits per heavy atom. The lowest BCUT2D eigenvalue weighted by atomic mass is 10.1. The summed E-state index contributed by atoms with van der Waals surface area (Å²) in [5.41, 5.74) is 0. The van der Waals surface area contributed by atoms with Crippen LogP contribution < -0.4 is 0 Å². The first kappa shape index (κ1) is 27.9. The third-order valence-corrected chi connectivity index (χ3v) is 6.45. The molecule has 0 saturated carbocycles. The van der Waals surface area contributed by atoms with E-state index in [1.54, 1.807) is 0 Å². The van der Waals surface area contributed by atoms with E-state index in [4.69, 9.17) is 4.55 Å². The molecule has 180 valence electrons. The van der Waals surface area contributed by atoms with E-state index in [1.807, 2.05) is 0 Å². The normalized spacial score (nSPS) is 20.3. The second-order valence-corrected chi connectivity index (χ2v) is 9.95. The van der Waals surface area contributed by atoms with Gasteiger partial charge in [0.05, 0.1) is 13.2 Å². The molecule has 2 atom stereocenters. The lowest BCUT2D eigenvalue weighted by Gasteiger charge is -2.34. The molecule has 1 aliphatic rings. The quantitative estimate of drug-likeness (QED) is 0.125. The van der Waals surface area contributed by atoms with Crippen molar-refractivity contribution < 1.29 is 32.5 Å². The maximum atomic E-state index is 12.8. The zero-order valence-corrected chi connectivity index (χ0v) is 19.7. The number of ketones is 1. The number of aliphatic hydroxyl groups excluding tert-OH is 2. The van der Waals surface area contributed by atoms with Crippen LogP contribution in [0.1, 0.15) is 71.1 Å². The van der Waals surface area contributed by atoms with E-state index in [-0.39, 0.29) is 30.0 Å². The summed E-state index contributed by atoms with van der Waals surface area (Å²) in [7, 11) is -4.33. The first-order valence-electron chi connectivity index (χ1n) is 11.6. The van der Waals surface area contributed by atoms with Crippen molar-refractivity contribution in [2.75, 3.05) is 38.5 Å². The summed E-state index contributed by atoms with van der Waals surface area (Å²) in [6.45, 7) is 2.90. The number of carbonyl (C=O) groups is 1. The predicted molar refractivity (Wildman–Crippen MR) is 123 cm³/mol. The fraction of sp³-hybridized carbons (Fsp3) is 0.818. The Hall–Kier alpha value is -1.13. The average Bonchev–Trinajstić information content (AvgIpc) is 3.07. The molecule has 0 saturated heterocycles. The molecule has 0 spiro atoms. The molecule has 0 aliphatic carbocycles. The van der Waals surface area contributed by atoms with E-state index in [9.17, 15) is 23.4 Å². The molecular weight excluding hydrogens is 420 g/mol. The Morgan fingerprint density at radius 2 is 1.77 bits per heavy atom. The van der Waals surface area contributed by atoms with E-state index >= 15 is 0 Å². The van der Waals surface area contributed by atoms with Crippen molar-refractivity contribution in [3.05, 3.63) is 12.2 Å². The van der Waals surface area contributed by atoms with Crippen LogP contribution in [-0.4, -0.2) is 83.9 Å². The number of aliphatic hydroxyl groups is 2. The Labute approximate surface area is 187 Å². The molecule has 1 aliphatic heterocycles. The van der Waals surface area contributed by atoms with Crippen molar-refractivity contribution in [3.63, 3.8) is 0 Å². The number of Topliss-reactive ketones (excluding diaryl/α,β-unsaturated/α-hetero) is 1. The molecule has 31 heavy (non-hydrogen) atoms. The maximum Gasteiger partial charge on any atom is 0.267 e. The largest absolute Gasteiger partial charge is 0.390 e. The van der Waals surface area contributed by atoms with Crippen molar-refractivity contribution in [3.8, 4) is 0 Å². The lowest BCUT2D eigenvalue weighted by Crippen LogP contribution is -2.59. The van der Waals surface area contributed by atoms with Crippen LogP contribution in [0.5, 0.6) is 0 Å². The van der Waals surface area contributed by atoms with Gasteiger partial charge in [0.2, 0.25) is 5.78 Å². The fourth-order valence-electron chi connectivity index (χ4n) is 4.10. The second-order valence-electron chi connectivity index (χ2n) is 8.45. The molecule has 1 heterocycles. The van der Waals surface area contributed by atoms with Gasteiger partial charge in [0.15, 0.2) is 0 Å². The number of allylic oxidation sites excluding steroid dienone is 2. The van der Waals surface area contributed by atoms with Gasteiger partial charge in [-0.3, -0.25) is 13.8 Å². The number of amidine groups is 1. The van der Waals surface area contributed by atoms with Crippen molar-refractivity contribution in [2.24, 2.45) is 4.99 Å². The summed E-state index contributed by atoms with van der Waals surface area (Å²) < 4.78 is 31.0. The van der Waals surface area contributed by atoms with Crippen LogP contribution in [0.15, 0.2) is 17.1 Å². The molecule has 0 aromatic rings. The van der Waals surface area contributed by atoms with E-state index < -0.39 is 22.0 Å². The van der Waals surface area contributed by atoms with Gasteiger partial charge < -0.3 is 10.2 Å². The van der Waals surface area contributed by atoms with Crippen LogP contribution in [0.3, 0.4) is 0 Å². The molecule has 0 radical (unpaired) electrons. The summed E-state index contributed by atoms with van der Waals surface area (Å²) >= 11 is 0. The van der Waals surface area contributed by atoms with Gasteiger partial charge in [0.1, 0.15) is 31.5 Å². The number of hydrogen-bond donors (Lipinski definition) is 3. The smallest absolute Gasteiger partial charge is 0.267 e. The average molecular weight is 462 g/mol. The highest BCUT2D eigenvalue weighted by Gasteiger charge is 2.43. The Kier molecular flexibility index (Phi) is 13.4. The van der Waals surface area contributed by atoms with E-state index in [1.165, 1.54) is 38.5 Å². The van der Waals surface area contributed by atoms with Gasteiger partial charge in [-0.1, -0.05) is 51.2 Å². The number of rotatable bonds is 18. The standard InChI is InChI=1S/C22H40N2O6S/c1-2-3-4-5-6-7-8-9-10-11-12-13-21(27)22-23-14-15-24(22,16-17-25)18-20(26)19-31(28,29)30/h9-10,20,25-26H,2-8,11-19H2,1H3/p+1/b10-9+. The lowest BCUT2D eigenvalue weighted by molar-refractivity contribution is -0.837. The molecular formula is C22H41N2O6S+. The van der Waals surface area contributed by atoms with Crippen LogP contribution in [0.2, 0.25) is 0 Å². The topological polar surface area (TPSA) is 124 Å². The van der Waals surface area contributed by atoms with Crippen molar-refractivity contribution in [2.45, 2.75) is 77.2 Å². The molecule has 9 heteroatoms. The third kappa shape index (κ3) is 11.3. The number of hydrogen-bond acceptors (Lipinski definition) is 6.